The number of anilines is 2. The zero-order valence-electron chi connectivity index (χ0n) is 18.9. The van der Waals surface area contributed by atoms with E-state index in [9.17, 15) is 13.2 Å². The Labute approximate surface area is 206 Å². The molecule has 8 heteroatoms. The molecule has 1 aliphatic rings. The molecular weight excluding hydrogens is 470 g/mol. The number of benzene rings is 3. The molecular formula is C26H28ClN3O3S. The van der Waals surface area contributed by atoms with Gasteiger partial charge >= 0.3 is 0 Å². The van der Waals surface area contributed by atoms with Crippen molar-refractivity contribution in [2.24, 2.45) is 0 Å². The van der Waals surface area contributed by atoms with Crippen LogP contribution in [0.2, 0.25) is 5.02 Å². The number of hydrogen-bond acceptors (Lipinski definition) is 5. The van der Waals surface area contributed by atoms with Crippen molar-refractivity contribution in [3.63, 3.8) is 0 Å². The quantitative estimate of drug-likeness (QED) is 0.497. The van der Waals surface area contributed by atoms with Crippen LogP contribution in [-0.4, -0.2) is 51.2 Å². The maximum absolute atomic E-state index is 12.4. The molecule has 34 heavy (non-hydrogen) atoms. The molecule has 0 atom stereocenters. The first kappa shape index (κ1) is 24.3. The Morgan fingerprint density at radius 1 is 0.853 bits per heavy atom. The van der Waals surface area contributed by atoms with Crippen LogP contribution in [0.5, 0.6) is 0 Å². The molecule has 0 bridgehead atoms. The summed E-state index contributed by atoms with van der Waals surface area (Å²) in [5.41, 5.74) is 3.10. The maximum atomic E-state index is 12.4. The molecule has 3 aromatic carbocycles. The molecule has 6 nitrogen and oxygen atoms in total. The van der Waals surface area contributed by atoms with Gasteiger partial charge in [0.2, 0.25) is 5.91 Å². The van der Waals surface area contributed by atoms with Crippen LogP contribution in [0.25, 0.3) is 0 Å². The first-order valence-corrected chi connectivity index (χ1v) is 13.3. The molecule has 0 aromatic heterocycles. The van der Waals surface area contributed by atoms with Gasteiger partial charge in [0.1, 0.15) is 0 Å². The fraction of sp³-hybridized carbons (Fsp3) is 0.269. The lowest BCUT2D eigenvalue weighted by Gasteiger charge is -2.36. The minimum Gasteiger partial charge on any atom is -0.369 e. The van der Waals surface area contributed by atoms with Gasteiger partial charge < -0.3 is 10.2 Å². The highest BCUT2D eigenvalue weighted by atomic mass is 35.5. The first-order chi connectivity index (χ1) is 16.4. The van der Waals surface area contributed by atoms with Crippen LogP contribution >= 0.6 is 11.6 Å². The Morgan fingerprint density at radius 2 is 1.50 bits per heavy atom. The second-order valence-corrected chi connectivity index (χ2v) is 10.9. The molecule has 4 rings (SSSR count). The fourth-order valence-electron chi connectivity index (χ4n) is 3.97. The van der Waals surface area contributed by atoms with Crippen molar-refractivity contribution in [2.75, 3.05) is 42.1 Å². The third kappa shape index (κ3) is 6.59. The number of hydrogen-bond donors (Lipinski definition) is 1. The summed E-state index contributed by atoms with van der Waals surface area (Å²) >= 11 is 5.81. The summed E-state index contributed by atoms with van der Waals surface area (Å²) in [6, 6.07) is 24.2. The average Bonchev–Trinajstić information content (AvgIpc) is 2.85. The van der Waals surface area contributed by atoms with Crippen LogP contribution in [0.3, 0.4) is 0 Å². The van der Waals surface area contributed by atoms with Crippen LogP contribution < -0.4 is 10.2 Å². The molecule has 1 fully saturated rings. The molecule has 0 spiro atoms. The van der Waals surface area contributed by atoms with Gasteiger partial charge in [-0.15, -0.1) is 0 Å². The van der Waals surface area contributed by atoms with Crippen molar-refractivity contribution >= 4 is 38.7 Å². The van der Waals surface area contributed by atoms with Crippen LogP contribution in [-0.2, 0) is 21.2 Å². The van der Waals surface area contributed by atoms with E-state index in [1.54, 1.807) is 0 Å². The number of nitrogens with one attached hydrogen (secondary N) is 1. The van der Waals surface area contributed by atoms with Crippen molar-refractivity contribution in [1.82, 2.24) is 4.90 Å². The Kier molecular flexibility index (Phi) is 7.88. The van der Waals surface area contributed by atoms with Crippen molar-refractivity contribution in [3.8, 4) is 0 Å². The van der Waals surface area contributed by atoms with Crippen molar-refractivity contribution < 1.29 is 13.2 Å². The van der Waals surface area contributed by atoms with E-state index in [-0.39, 0.29) is 23.0 Å². The van der Waals surface area contributed by atoms with E-state index < -0.39 is 9.84 Å². The van der Waals surface area contributed by atoms with E-state index in [2.05, 4.69) is 39.4 Å². The zero-order chi connectivity index (χ0) is 24.0. The summed E-state index contributed by atoms with van der Waals surface area (Å²) < 4.78 is 24.8. The van der Waals surface area contributed by atoms with Crippen molar-refractivity contribution in [2.45, 2.75) is 17.9 Å². The van der Waals surface area contributed by atoms with Gasteiger partial charge in [0.25, 0.3) is 0 Å². The van der Waals surface area contributed by atoms with E-state index in [4.69, 9.17) is 11.6 Å². The number of rotatable bonds is 8. The molecule has 0 saturated carbocycles. The van der Waals surface area contributed by atoms with Gasteiger partial charge in [-0.2, -0.15) is 0 Å². The third-order valence-corrected chi connectivity index (χ3v) is 7.89. The zero-order valence-corrected chi connectivity index (χ0v) is 20.4. The largest absolute Gasteiger partial charge is 0.369 e. The SMILES string of the molecule is O=C(CCS(=O)(=O)c1ccc(Cl)cc1)Nc1ccc(N2CCN(Cc3ccccc3)CC2)cc1. The summed E-state index contributed by atoms with van der Waals surface area (Å²) in [7, 11) is -3.54. The molecule has 178 valence electrons. The standard InChI is InChI=1S/C26H28ClN3O3S/c27-22-6-12-25(13-7-22)34(32,33)19-14-26(31)28-23-8-10-24(11-9-23)30-17-15-29(16-18-30)20-21-4-2-1-3-5-21/h1-13H,14-20H2,(H,28,31). The maximum Gasteiger partial charge on any atom is 0.225 e. The van der Waals surface area contributed by atoms with Gasteiger partial charge in [0.15, 0.2) is 9.84 Å². The van der Waals surface area contributed by atoms with Crippen LogP contribution in [0, 0.1) is 0 Å². The van der Waals surface area contributed by atoms with Crippen LogP contribution in [0.1, 0.15) is 12.0 Å². The van der Waals surface area contributed by atoms with E-state index in [1.807, 2.05) is 30.3 Å². The number of piperazine rings is 1. The fourth-order valence-corrected chi connectivity index (χ4v) is 5.34. The van der Waals surface area contributed by atoms with Crippen LogP contribution in [0.15, 0.2) is 83.8 Å². The third-order valence-electron chi connectivity index (χ3n) is 5.91. The highest BCUT2D eigenvalue weighted by Gasteiger charge is 2.18. The summed E-state index contributed by atoms with van der Waals surface area (Å²) in [6.07, 6.45) is -0.115. The molecule has 1 heterocycles. The van der Waals surface area contributed by atoms with Gasteiger partial charge in [-0.3, -0.25) is 9.69 Å². The van der Waals surface area contributed by atoms with Gasteiger partial charge in [0, 0.05) is 55.5 Å². The second kappa shape index (κ2) is 11.0. The molecule has 0 aliphatic carbocycles. The van der Waals surface area contributed by atoms with E-state index in [0.29, 0.717) is 10.7 Å². The van der Waals surface area contributed by atoms with Crippen molar-refractivity contribution in [3.05, 3.63) is 89.4 Å². The molecule has 0 unspecified atom stereocenters. The number of nitrogens with zero attached hydrogens (tertiary/aromatic N) is 2. The second-order valence-electron chi connectivity index (χ2n) is 8.37. The average molecular weight is 498 g/mol. The van der Waals surface area contributed by atoms with E-state index in [0.717, 1.165) is 38.4 Å². The van der Waals surface area contributed by atoms with Crippen molar-refractivity contribution in [1.29, 1.82) is 0 Å². The smallest absolute Gasteiger partial charge is 0.225 e. The normalized spacial score (nSPS) is 14.7. The molecule has 0 radical (unpaired) electrons. The number of sulfone groups is 1. The molecule has 1 N–H and O–H groups in total. The lowest BCUT2D eigenvalue weighted by atomic mass is 10.2. The number of carbonyl (C=O) groups is 1. The number of halogens is 1. The summed E-state index contributed by atoms with van der Waals surface area (Å²) in [5, 5.41) is 3.26. The van der Waals surface area contributed by atoms with Gasteiger partial charge in [0.05, 0.1) is 10.6 Å². The summed E-state index contributed by atoms with van der Waals surface area (Å²) in [6.45, 7) is 4.85. The highest BCUT2D eigenvalue weighted by Crippen LogP contribution is 2.21. The Bertz CT molecular complexity index is 1190. The lowest BCUT2D eigenvalue weighted by Crippen LogP contribution is -2.45. The Hall–Kier alpha value is -2.87. The van der Waals surface area contributed by atoms with E-state index in [1.165, 1.54) is 29.8 Å². The van der Waals surface area contributed by atoms with Gasteiger partial charge in [-0.25, -0.2) is 8.42 Å². The van der Waals surface area contributed by atoms with Gasteiger partial charge in [-0.1, -0.05) is 41.9 Å². The minimum atomic E-state index is -3.54. The first-order valence-electron chi connectivity index (χ1n) is 11.3. The molecule has 3 aromatic rings. The molecule has 1 saturated heterocycles. The number of amides is 1. The lowest BCUT2D eigenvalue weighted by molar-refractivity contribution is -0.115. The van der Waals surface area contributed by atoms with E-state index >= 15 is 0 Å². The molecule has 1 amide bonds. The topological polar surface area (TPSA) is 69.7 Å². The Balaban J connectivity index is 1.24. The monoisotopic (exact) mass is 497 g/mol. The number of carbonyl (C=O) groups excluding carboxylic acids is 1. The summed E-state index contributed by atoms with van der Waals surface area (Å²) in [4.78, 5) is 17.3. The Morgan fingerprint density at radius 3 is 2.15 bits per heavy atom. The summed E-state index contributed by atoms with van der Waals surface area (Å²) in [5.74, 6) is -0.592. The highest BCUT2D eigenvalue weighted by molar-refractivity contribution is 7.91. The van der Waals surface area contributed by atoms with Gasteiger partial charge in [-0.05, 0) is 54.1 Å². The molecule has 1 aliphatic heterocycles. The minimum absolute atomic E-state index is 0.115. The van der Waals surface area contributed by atoms with Crippen LogP contribution in [0.4, 0.5) is 11.4 Å². The predicted molar refractivity (Wildman–Crippen MR) is 137 cm³/mol. The predicted octanol–water partition coefficient (Wildman–Crippen LogP) is 4.46.